The van der Waals surface area contributed by atoms with Crippen molar-refractivity contribution in [1.82, 2.24) is 4.90 Å². The molecule has 1 heterocycles. The molecule has 0 aliphatic carbocycles. The van der Waals surface area contributed by atoms with Crippen LogP contribution in [0.15, 0.2) is 30.3 Å². The molecule has 0 radical (unpaired) electrons. The van der Waals surface area contributed by atoms with Crippen LogP contribution >= 0.6 is 12.4 Å². The second-order valence-corrected chi connectivity index (χ2v) is 4.53. The highest BCUT2D eigenvalue weighted by Crippen LogP contribution is 2.14. The summed E-state index contributed by atoms with van der Waals surface area (Å²) in [4.78, 5) is 14.1. The molecule has 5 heteroatoms. The molecule has 1 aromatic carbocycles. The first-order chi connectivity index (χ1) is 8.78. The minimum absolute atomic E-state index is 0. The van der Waals surface area contributed by atoms with Crippen molar-refractivity contribution in [3.8, 4) is 0 Å². The molecular weight excluding hydrogens is 264 g/mol. The zero-order valence-electron chi connectivity index (χ0n) is 11.2. The number of nitrogens with one attached hydrogen (secondary N) is 1. The molecule has 1 saturated heterocycles. The van der Waals surface area contributed by atoms with Crippen LogP contribution in [-0.4, -0.2) is 36.7 Å². The maximum atomic E-state index is 11.7. The Bertz CT molecular complexity index is 378. The van der Waals surface area contributed by atoms with Gasteiger partial charge in [0.05, 0.1) is 0 Å². The number of hydrogen-bond acceptors (Lipinski definition) is 3. The van der Waals surface area contributed by atoms with Crippen molar-refractivity contribution in [3.05, 3.63) is 30.3 Å². The summed E-state index contributed by atoms with van der Waals surface area (Å²) in [6.07, 6.45) is 1.55. The first-order valence-corrected chi connectivity index (χ1v) is 6.53. The second kappa shape index (κ2) is 8.02. The molecule has 1 aliphatic rings. The van der Waals surface area contributed by atoms with E-state index in [9.17, 15) is 4.79 Å². The number of carbonyl (C=O) groups is 1. The van der Waals surface area contributed by atoms with Gasteiger partial charge in [0.2, 0.25) is 0 Å². The number of benzene rings is 1. The Morgan fingerprint density at radius 1 is 1.32 bits per heavy atom. The lowest BCUT2D eigenvalue weighted by Crippen LogP contribution is -2.38. The quantitative estimate of drug-likeness (QED) is 0.927. The molecule has 1 N–H and O–H groups in total. The van der Waals surface area contributed by atoms with E-state index in [0.717, 1.165) is 38.2 Å². The SMILES string of the molecule is CCN1CCC(OC(=O)Nc2ccccc2)CC1.Cl. The number of anilines is 1. The van der Waals surface area contributed by atoms with Gasteiger partial charge in [-0.1, -0.05) is 25.1 Å². The highest BCUT2D eigenvalue weighted by molar-refractivity contribution is 5.85. The van der Waals surface area contributed by atoms with E-state index in [0.29, 0.717) is 0 Å². The van der Waals surface area contributed by atoms with Gasteiger partial charge in [0.25, 0.3) is 0 Å². The summed E-state index contributed by atoms with van der Waals surface area (Å²) < 4.78 is 5.41. The first-order valence-electron chi connectivity index (χ1n) is 6.53. The van der Waals surface area contributed by atoms with Gasteiger partial charge in [-0.15, -0.1) is 12.4 Å². The van der Waals surface area contributed by atoms with Crippen molar-refractivity contribution in [2.75, 3.05) is 25.0 Å². The number of piperidine rings is 1. The van der Waals surface area contributed by atoms with Crippen LogP contribution in [-0.2, 0) is 4.74 Å². The van der Waals surface area contributed by atoms with Gasteiger partial charge < -0.3 is 9.64 Å². The van der Waals surface area contributed by atoms with E-state index in [-0.39, 0.29) is 24.6 Å². The van der Waals surface area contributed by atoms with Crippen LogP contribution in [0.1, 0.15) is 19.8 Å². The Hall–Kier alpha value is -1.26. The maximum Gasteiger partial charge on any atom is 0.411 e. The second-order valence-electron chi connectivity index (χ2n) is 4.53. The topological polar surface area (TPSA) is 41.6 Å². The standard InChI is InChI=1S/C14H20N2O2.ClH/c1-2-16-10-8-13(9-11-16)18-14(17)15-12-6-4-3-5-7-12;/h3-7,13H,2,8-11H2,1H3,(H,15,17);1H. The smallest absolute Gasteiger partial charge is 0.411 e. The van der Waals surface area contributed by atoms with Gasteiger partial charge in [-0.25, -0.2) is 4.79 Å². The van der Waals surface area contributed by atoms with E-state index in [1.165, 1.54) is 0 Å². The molecule has 106 valence electrons. The van der Waals surface area contributed by atoms with Crippen molar-refractivity contribution in [2.24, 2.45) is 0 Å². The normalized spacial score (nSPS) is 16.5. The average Bonchev–Trinajstić information content (AvgIpc) is 2.40. The molecule has 19 heavy (non-hydrogen) atoms. The summed E-state index contributed by atoms with van der Waals surface area (Å²) in [7, 11) is 0. The highest BCUT2D eigenvalue weighted by Gasteiger charge is 2.21. The molecular formula is C14H21ClN2O2. The van der Waals surface area contributed by atoms with E-state index in [4.69, 9.17) is 4.74 Å². The van der Waals surface area contributed by atoms with Gasteiger partial charge in [0.1, 0.15) is 6.10 Å². The van der Waals surface area contributed by atoms with E-state index in [1.807, 2.05) is 30.3 Å². The number of amides is 1. The lowest BCUT2D eigenvalue weighted by Gasteiger charge is -2.30. The third-order valence-corrected chi connectivity index (χ3v) is 3.28. The predicted octanol–water partition coefficient (Wildman–Crippen LogP) is 3.14. The lowest BCUT2D eigenvalue weighted by atomic mass is 10.1. The summed E-state index contributed by atoms with van der Waals surface area (Å²) in [5.74, 6) is 0. The highest BCUT2D eigenvalue weighted by atomic mass is 35.5. The molecule has 1 aliphatic heterocycles. The fraction of sp³-hybridized carbons (Fsp3) is 0.500. The Kier molecular flexibility index (Phi) is 6.67. The monoisotopic (exact) mass is 284 g/mol. The van der Waals surface area contributed by atoms with Crippen molar-refractivity contribution in [1.29, 1.82) is 0 Å². The molecule has 0 atom stereocenters. The van der Waals surface area contributed by atoms with Gasteiger partial charge in [-0.2, -0.15) is 0 Å². The van der Waals surface area contributed by atoms with Crippen molar-refractivity contribution in [3.63, 3.8) is 0 Å². The molecule has 1 aromatic rings. The van der Waals surface area contributed by atoms with Crippen LogP contribution in [0.3, 0.4) is 0 Å². The number of nitrogens with zero attached hydrogens (tertiary/aromatic N) is 1. The van der Waals surface area contributed by atoms with Gasteiger partial charge in [0, 0.05) is 18.8 Å². The predicted molar refractivity (Wildman–Crippen MR) is 78.9 cm³/mol. The zero-order chi connectivity index (χ0) is 12.8. The van der Waals surface area contributed by atoms with E-state index >= 15 is 0 Å². The Morgan fingerprint density at radius 2 is 1.95 bits per heavy atom. The zero-order valence-corrected chi connectivity index (χ0v) is 12.0. The molecule has 4 nitrogen and oxygen atoms in total. The van der Waals surface area contributed by atoms with E-state index in [1.54, 1.807) is 0 Å². The fourth-order valence-corrected chi connectivity index (χ4v) is 2.16. The Balaban J connectivity index is 0.00000180. The molecule has 1 fully saturated rings. The van der Waals surface area contributed by atoms with Crippen LogP contribution in [0.25, 0.3) is 0 Å². The van der Waals surface area contributed by atoms with Crippen LogP contribution in [0.4, 0.5) is 10.5 Å². The van der Waals surface area contributed by atoms with Crippen molar-refractivity contribution >= 4 is 24.2 Å². The third-order valence-electron chi connectivity index (χ3n) is 3.28. The third kappa shape index (κ3) is 5.09. The minimum Gasteiger partial charge on any atom is -0.446 e. The number of hydrogen-bond donors (Lipinski definition) is 1. The van der Waals surface area contributed by atoms with Crippen LogP contribution in [0.5, 0.6) is 0 Å². The van der Waals surface area contributed by atoms with Crippen LogP contribution in [0.2, 0.25) is 0 Å². The van der Waals surface area contributed by atoms with Gasteiger partial charge in [-0.05, 0) is 31.5 Å². The molecule has 2 rings (SSSR count). The van der Waals surface area contributed by atoms with Gasteiger partial charge in [0.15, 0.2) is 0 Å². The van der Waals surface area contributed by atoms with E-state index < -0.39 is 0 Å². The van der Waals surface area contributed by atoms with Crippen molar-refractivity contribution < 1.29 is 9.53 Å². The Morgan fingerprint density at radius 3 is 2.53 bits per heavy atom. The number of carbonyl (C=O) groups excluding carboxylic acids is 1. The van der Waals surface area contributed by atoms with Crippen LogP contribution in [0, 0.1) is 0 Å². The minimum atomic E-state index is -0.351. The summed E-state index contributed by atoms with van der Waals surface area (Å²) in [6, 6.07) is 9.38. The molecule has 1 amide bonds. The molecule has 0 spiro atoms. The number of likely N-dealkylation sites (tertiary alicyclic amines) is 1. The van der Waals surface area contributed by atoms with Crippen molar-refractivity contribution in [2.45, 2.75) is 25.9 Å². The summed E-state index contributed by atoms with van der Waals surface area (Å²) >= 11 is 0. The fourth-order valence-electron chi connectivity index (χ4n) is 2.16. The van der Waals surface area contributed by atoms with Gasteiger partial charge >= 0.3 is 6.09 Å². The van der Waals surface area contributed by atoms with Crippen LogP contribution < -0.4 is 5.32 Å². The average molecular weight is 285 g/mol. The summed E-state index contributed by atoms with van der Waals surface area (Å²) in [5.41, 5.74) is 0.772. The largest absolute Gasteiger partial charge is 0.446 e. The number of rotatable bonds is 3. The number of halogens is 1. The molecule has 0 saturated carbocycles. The number of ether oxygens (including phenoxy) is 1. The van der Waals surface area contributed by atoms with E-state index in [2.05, 4.69) is 17.1 Å². The first kappa shape index (κ1) is 15.8. The van der Waals surface area contributed by atoms with Gasteiger partial charge in [-0.3, -0.25) is 5.32 Å². The summed E-state index contributed by atoms with van der Waals surface area (Å²) in [6.45, 7) is 5.26. The molecule has 0 bridgehead atoms. The summed E-state index contributed by atoms with van der Waals surface area (Å²) in [5, 5.41) is 2.74. The lowest BCUT2D eigenvalue weighted by molar-refractivity contribution is 0.0606. The number of para-hydroxylation sites is 1. The maximum absolute atomic E-state index is 11.7. The molecule has 0 unspecified atom stereocenters. The Labute approximate surface area is 120 Å². The molecule has 0 aromatic heterocycles.